The number of piperidine rings is 1. The quantitative estimate of drug-likeness (QED) is 0.896. The van der Waals surface area contributed by atoms with Crippen LogP contribution in [0.3, 0.4) is 0 Å². The minimum atomic E-state index is -0.795. The van der Waals surface area contributed by atoms with Gasteiger partial charge in [0.25, 0.3) is 0 Å². The Labute approximate surface area is 132 Å². The molecule has 2 fully saturated rings. The molecule has 2 atom stereocenters. The second kappa shape index (κ2) is 5.38. The van der Waals surface area contributed by atoms with E-state index in [2.05, 4.69) is 11.4 Å². The second-order valence-corrected chi connectivity index (χ2v) is 7.50. The molecular formula is C19H25NO2. The SMILES string of the molecule is O=C(O)c1ccc2c(c1)C1(CC2)CC1CCC1CCNCC1. The fourth-order valence-corrected chi connectivity index (χ4v) is 4.89. The molecule has 2 N–H and O–H groups in total. The van der Waals surface area contributed by atoms with Gasteiger partial charge in [0, 0.05) is 0 Å². The number of aromatic carboxylic acids is 1. The third-order valence-electron chi connectivity index (χ3n) is 6.35. The standard InChI is InChI=1S/C19H25NO2/c21-18(22)15-3-2-14-5-8-19(17(14)11-15)12-16(19)4-1-13-6-9-20-10-7-13/h2-3,11,13,16,20H,1,4-10,12H2,(H,21,22). The summed E-state index contributed by atoms with van der Waals surface area (Å²) in [6, 6.07) is 5.79. The van der Waals surface area contributed by atoms with E-state index in [1.165, 1.54) is 62.7 Å². The van der Waals surface area contributed by atoms with Crippen LogP contribution in [0.1, 0.15) is 60.0 Å². The van der Waals surface area contributed by atoms with Crippen molar-refractivity contribution >= 4 is 5.97 Å². The third kappa shape index (κ3) is 2.36. The van der Waals surface area contributed by atoms with Crippen molar-refractivity contribution in [1.29, 1.82) is 0 Å². The summed E-state index contributed by atoms with van der Waals surface area (Å²) in [6.07, 6.45) is 9.03. The first-order valence-corrected chi connectivity index (χ1v) is 8.76. The molecule has 3 aliphatic rings. The number of hydrogen-bond acceptors (Lipinski definition) is 2. The van der Waals surface area contributed by atoms with Gasteiger partial charge >= 0.3 is 5.97 Å². The summed E-state index contributed by atoms with van der Waals surface area (Å²) in [5.74, 6) is 0.912. The first-order valence-electron chi connectivity index (χ1n) is 8.76. The van der Waals surface area contributed by atoms with Crippen LogP contribution in [-0.2, 0) is 11.8 Å². The van der Waals surface area contributed by atoms with Gasteiger partial charge in [-0.05, 0) is 92.1 Å². The highest BCUT2D eigenvalue weighted by molar-refractivity contribution is 5.88. The molecule has 0 aromatic heterocycles. The topological polar surface area (TPSA) is 49.3 Å². The van der Waals surface area contributed by atoms with Crippen LogP contribution in [0.15, 0.2) is 18.2 Å². The molecule has 3 nitrogen and oxygen atoms in total. The summed E-state index contributed by atoms with van der Waals surface area (Å²) in [4.78, 5) is 11.2. The Bertz CT molecular complexity index is 591. The smallest absolute Gasteiger partial charge is 0.335 e. The third-order valence-corrected chi connectivity index (χ3v) is 6.35. The Morgan fingerprint density at radius 2 is 2.09 bits per heavy atom. The van der Waals surface area contributed by atoms with Crippen molar-refractivity contribution in [1.82, 2.24) is 5.32 Å². The number of fused-ring (bicyclic) bond motifs is 2. The fourth-order valence-electron chi connectivity index (χ4n) is 4.89. The highest BCUT2D eigenvalue weighted by atomic mass is 16.4. The zero-order valence-electron chi connectivity index (χ0n) is 13.1. The molecule has 1 aliphatic heterocycles. The van der Waals surface area contributed by atoms with Crippen molar-refractivity contribution in [2.75, 3.05) is 13.1 Å². The molecule has 0 bridgehead atoms. The number of nitrogens with one attached hydrogen (secondary N) is 1. The largest absolute Gasteiger partial charge is 0.478 e. The highest BCUT2D eigenvalue weighted by Gasteiger charge is 2.57. The molecule has 1 aromatic rings. The Morgan fingerprint density at radius 1 is 1.27 bits per heavy atom. The lowest BCUT2D eigenvalue weighted by atomic mass is 9.88. The van der Waals surface area contributed by atoms with Gasteiger partial charge in [0.2, 0.25) is 0 Å². The zero-order chi connectivity index (χ0) is 15.2. The molecule has 1 saturated carbocycles. The van der Waals surface area contributed by atoms with E-state index in [0.29, 0.717) is 11.0 Å². The van der Waals surface area contributed by atoms with E-state index in [-0.39, 0.29) is 0 Å². The Kier molecular flexibility index (Phi) is 3.48. The van der Waals surface area contributed by atoms with E-state index in [1.54, 1.807) is 6.07 Å². The fraction of sp³-hybridized carbons (Fsp3) is 0.632. The van der Waals surface area contributed by atoms with E-state index in [9.17, 15) is 9.90 Å². The van der Waals surface area contributed by atoms with E-state index < -0.39 is 5.97 Å². The molecule has 1 aromatic carbocycles. The summed E-state index contributed by atoms with van der Waals surface area (Å²) < 4.78 is 0. The maximum Gasteiger partial charge on any atom is 0.335 e. The first kappa shape index (κ1) is 14.3. The average Bonchev–Trinajstić information content (AvgIpc) is 3.13. The number of carboxylic acid groups (broad SMARTS) is 1. The van der Waals surface area contributed by atoms with Crippen molar-refractivity contribution in [3.63, 3.8) is 0 Å². The van der Waals surface area contributed by atoms with Crippen LogP contribution in [-0.4, -0.2) is 24.2 Å². The highest BCUT2D eigenvalue weighted by Crippen LogP contribution is 2.63. The molecule has 2 aliphatic carbocycles. The van der Waals surface area contributed by atoms with Crippen LogP contribution in [0.4, 0.5) is 0 Å². The van der Waals surface area contributed by atoms with Gasteiger partial charge in [-0.25, -0.2) is 4.79 Å². The molecule has 1 heterocycles. The molecule has 3 heteroatoms. The number of aryl methyl sites for hydroxylation is 1. The normalized spacial score (nSPS) is 30.5. The van der Waals surface area contributed by atoms with Gasteiger partial charge in [0.05, 0.1) is 5.56 Å². The van der Waals surface area contributed by atoms with E-state index in [1.807, 2.05) is 6.07 Å². The lowest BCUT2D eigenvalue weighted by Crippen LogP contribution is -2.27. The average molecular weight is 299 g/mol. The lowest BCUT2D eigenvalue weighted by molar-refractivity contribution is 0.0696. The molecule has 118 valence electrons. The van der Waals surface area contributed by atoms with Crippen LogP contribution < -0.4 is 5.32 Å². The molecular weight excluding hydrogens is 274 g/mol. The Hall–Kier alpha value is -1.35. The first-order chi connectivity index (χ1) is 10.7. The Morgan fingerprint density at radius 3 is 2.86 bits per heavy atom. The summed E-state index contributed by atoms with van der Waals surface area (Å²) in [5.41, 5.74) is 3.56. The van der Waals surface area contributed by atoms with Crippen LogP contribution in [0, 0.1) is 11.8 Å². The molecule has 4 rings (SSSR count). The maximum atomic E-state index is 11.2. The molecule has 0 radical (unpaired) electrons. The number of rotatable bonds is 4. The van der Waals surface area contributed by atoms with Gasteiger partial charge in [-0.15, -0.1) is 0 Å². The minimum absolute atomic E-state index is 0.341. The van der Waals surface area contributed by atoms with Crippen molar-refractivity contribution in [3.05, 3.63) is 34.9 Å². The van der Waals surface area contributed by atoms with Crippen LogP contribution in [0.5, 0.6) is 0 Å². The van der Waals surface area contributed by atoms with Gasteiger partial charge in [-0.3, -0.25) is 0 Å². The minimum Gasteiger partial charge on any atom is -0.478 e. The van der Waals surface area contributed by atoms with Gasteiger partial charge in [-0.1, -0.05) is 12.5 Å². The van der Waals surface area contributed by atoms with E-state index in [4.69, 9.17) is 0 Å². The predicted octanol–water partition coefficient (Wildman–Crippen LogP) is 3.37. The van der Waals surface area contributed by atoms with Crippen LogP contribution in [0.2, 0.25) is 0 Å². The van der Waals surface area contributed by atoms with Crippen LogP contribution >= 0.6 is 0 Å². The van der Waals surface area contributed by atoms with Gasteiger partial charge in [-0.2, -0.15) is 0 Å². The van der Waals surface area contributed by atoms with E-state index in [0.717, 1.165) is 18.3 Å². The molecule has 1 saturated heterocycles. The van der Waals surface area contributed by atoms with Crippen molar-refractivity contribution < 1.29 is 9.90 Å². The predicted molar refractivity (Wildman–Crippen MR) is 86.3 cm³/mol. The molecule has 2 unspecified atom stereocenters. The lowest BCUT2D eigenvalue weighted by Gasteiger charge is -2.23. The Balaban J connectivity index is 1.45. The number of carboxylic acids is 1. The maximum absolute atomic E-state index is 11.2. The monoisotopic (exact) mass is 299 g/mol. The zero-order valence-corrected chi connectivity index (χ0v) is 13.1. The van der Waals surface area contributed by atoms with Crippen LogP contribution in [0.25, 0.3) is 0 Å². The number of benzene rings is 1. The van der Waals surface area contributed by atoms with Gasteiger partial charge in [0.1, 0.15) is 0 Å². The second-order valence-electron chi connectivity index (χ2n) is 7.50. The van der Waals surface area contributed by atoms with Crippen molar-refractivity contribution in [2.45, 2.75) is 50.4 Å². The van der Waals surface area contributed by atoms with E-state index >= 15 is 0 Å². The summed E-state index contributed by atoms with van der Waals surface area (Å²) in [5, 5.41) is 12.7. The summed E-state index contributed by atoms with van der Waals surface area (Å²) in [6.45, 7) is 2.37. The van der Waals surface area contributed by atoms with Gasteiger partial charge < -0.3 is 10.4 Å². The molecule has 1 spiro atoms. The number of carbonyl (C=O) groups is 1. The van der Waals surface area contributed by atoms with Gasteiger partial charge in [0.15, 0.2) is 0 Å². The summed E-state index contributed by atoms with van der Waals surface area (Å²) in [7, 11) is 0. The van der Waals surface area contributed by atoms with Crippen molar-refractivity contribution in [3.8, 4) is 0 Å². The van der Waals surface area contributed by atoms with Crippen molar-refractivity contribution in [2.24, 2.45) is 11.8 Å². The molecule has 22 heavy (non-hydrogen) atoms. The summed E-state index contributed by atoms with van der Waals surface area (Å²) >= 11 is 0. The number of hydrogen-bond donors (Lipinski definition) is 2. The molecule has 0 amide bonds.